The van der Waals surface area contributed by atoms with Crippen molar-refractivity contribution in [3.8, 4) is 0 Å². The van der Waals surface area contributed by atoms with Gasteiger partial charge in [-0.05, 0) is 36.2 Å². The summed E-state index contributed by atoms with van der Waals surface area (Å²) in [7, 11) is -3.19. The first-order valence-electron chi connectivity index (χ1n) is 5.49. The van der Waals surface area contributed by atoms with Gasteiger partial charge in [0.2, 0.25) is 0 Å². The van der Waals surface area contributed by atoms with E-state index < -0.39 is 9.84 Å². The molecule has 0 saturated heterocycles. The molecular weight excluding hydrogens is 368 g/mol. The van der Waals surface area contributed by atoms with Crippen molar-refractivity contribution in [3.05, 3.63) is 50.7 Å². The molecule has 1 aromatic heterocycles. The quantitative estimate of drug-likeness (QED) is 0.730. The molecule has 19 heavy (non-hydrogen) atoms. The van der Waals surface area contributed by atoms with E-state index in [0.29, 0.717) is 4.90 Å². The van der Waals surface area contributed by atoms with E-state index in [9.17, 15) is 8.42 Å². The third-order valence-electron chi connectivity index (χ3n) is 2.70. The monoisotopic (exact) mass is 378 g/mol. The SMILES string of the molecule is Cc1cc(C(Br)c2cccc(S(C)(=O)=O)c2)sc1Cl. The Morgan fingerprint density at radius 2 is 2.00 bits per heavy atom. The number of sulfone groups is 1. The van der Waals surface area contributed by atoms with Gasteiger partial charge in [0.15, 0.2) is 9.84 Å². The van der Waals surface area contributed by atoms with Crippen molar-refractivity contribution in [2.45, 2.75) is 16.6 Å². The summed E-state index contributed by atoms with van der Waals surface area (Å²) in [6, 6.07) is 8.96. The van der Waals surface area contributed by atoms with E-state index in [1.165, 1.54) is 17.6 Å². The second kappa shape index (κ2) is 5.56. The number of aryl methyl sites for hydroxylation is 1. The zero-order valence-corrected chi connectivity index (χ0v) is 14.3. The molecule has 0 amide bonds. The predicted octanol–water partition coefficient (Wildman–Crippen LogP) is 4.60. The van der Waals surface area contributed by atoms with Crippen molar-refractivity contribution in [1.82, 2.24) is 0 Å². The summed E-state index contributed by atoms with van der Waals surface area (Å²) in [6.07, 6.45) is 1.21. The molecule has 0 fully saturated rings. The Bertz CT molecular complexity index is 688. The third kappa shape index (κ3) is 3.40. The van der Waals surface area contributed by atoms with E-state index in [-0.39, 0.29) is 4.83 Å². The average molecular weight is 380 g/mol. The summed E-state index contributed by atoms with van der Waals surface area (Å²) in [4.78, 5) is 1.34. The zero-order chi connectivity index (χ0) is 14.2. The van der Waals surface area contributed by atoms with Gasteiger partial charge in [-0.15, -0.1) is 11.3 Å². The molecule has 1 aromatic carbocycles. The number of halogens is 2. The number of hydrogen-bond acceptors (Lipinski definition) is 3. The third-order valence-corrected chi connectivity index (χ3v) is 6.76. The highest BCUT2D eigenvalue weighted by Gasteiger charge is 2.16. The molecule has 0 saturated carbocycles. The van der Waals surface area contributed by atoms with E-state index >= 15 is 0 Å². The Hall–Kier alpha value is -0.360. The second-order valence-corrected chi connectivity index (χ2v) is 8.93. The fraction of sp³-hybridized carbons (Fsp3) is 0.231. The fourth-order valence-electron chi connectivity index (χ4n) is 1.68. The Labute approximate surface area is 130 Å². The summed E-state index contributed by atoms with van der Waals surface area (Å²) in [6.45, 7) is 1.95. The molecule has 0 N–H and O–H groups in total. The van der Waals surface area contributed by atoms with Crippen LogP contribution >= 0.6 is 38.9 Å². The smallest absolute Gasteiger partial charge is 0.175 e. The lowest BCUT2D eigenvalue weighted by molar-refractivity contribution is 0.602. The molecule has 2 aromatic rings. The lowest BCUT2D eigenvalue weighted by atomic mass is 10.1. The van der Waals surface area contributed by atoms with Gasteiger partial charge in [-0.25, -0.2) is 8.42 Å². The summed E-state index contributed by atoms with van der Waals surface area (Å²) in [5, 5.41) is 0. The van der Waals surface area contributed by atoms with Crippen LogP contribution in [0.2, 0.25) is 4.34 Å². The van der Waals surface area contributed by atoms with Crippen LogP contribution in [0.3, 0.4) is 0 Å². The van der Waals surface area contributed by atoms with Gasteiger partial charge >= 0.3 is 0 Å². The Kier molecular flexibility index (Phi) is 4.40. The minimum atomic E-state index is -3.19. The molecule has 0 spiro atoms. The van der Waals surface area contributed by atoms with Gasteiger partial charge < -0.3 is 0 Å². The van der Waals surface area contributed by atoms with Crippen molar-refractivity contribution in [3.63, 3.8) is 0 Å². The van der Waals surface area contributed by atoms with Crippen molar-refractivity contribution >= 4 is 48.7 Å². The molecule has 6 heteroatoms. The van der Waals surface area contributed by atoms with Gasteiger partial charge in [-0.3, -0.25) is 0 Å². The number of thiophene rings is 1. The molecule has 0 aliphatic rings. The topological polar surface area (TPSA) is 34.1 Å². The average Bonchev–Trinajstić information content (AvgIpc) is 2.68. The minimum absolute atomic E-state index is 0.0506. The number of hydrogen-bond donors (Lipinski definition) is 0. The molecule has 1 atom stereocenters. The molecule has 1 heterocycles. The van der Waals surface area contributed by atoms with E-state index in [1.54, 1.807) is 18.2 Å². The Morgan fingerprint density at radius 1 is 1.32 bits per heavy atom. The Balaban J connectivity index is 2.42. The van der Waals surface area contributed by atoms with Crippen LogP contribution in [-0.4, -0.2) is 14.7 Å². The largest absolute Gasteiger partial charge is 0.224 e. The van der Waals surface area contributed by atoms with Gasteiger partial charge in [-0.1, -0.05) is 39.7 Å². The lowest BCUT2D eigenvalue weighted by Gasteiger charge is -2.09. The molecule has 0 aliphatic heterocycles. The van der Waals surface area contributed by atoms with Crippen molar-refractivity contribution < 1.29 is 8.42 Å². The van der Waals surface area contributed by atoms with Gasteiger partial charge in [0.25, 0.3) is 0 Å². The summed E-state index contributed by atoms with van der Waals surface area (Å²) >= 11 is 11.2. The molecule has 1 unspecified atom stereocenters. The first-order valence-corrected chi connectivity index (χ1v) is 9.49. The summed E-state index contributed by atoms with van der Waals surface area (Å²) in [5.41, 5.74) is 1.94. The second-order valence-electron chi connectivity index (χ2n) is 4.31. The van der Waals surface area contributed by atoms with Crippen LogP contribution in [0.1, 0.15) is 20.8 Å². The minimum Gasteiger partial charge on any atom is -0.224 e. The molecule has 0 radical (unpaired) electrons. The molecular formula is C13H12BrClO2S2. The van der Waals surface area contributed by atoms with E-state index in [0.717, 1.165) is 20.3 Å². The number of alkyl halides is 1. The highest BCUT2D eigenvalue weighted by Crippen LogP contribution is 2.39. The van der Waals surface area contributed by atoms with Crippen LogP contribution in [-0.2, 0) is 9.84 Å². The first-order chi connectivity index (χ1) is 8.79. The van der Waals surface area contributed by atoms with Crippen LogP contribution in [0, 0.1) is 6.92 Å². The molecule has 0 bridgehead atoms. The number of benzene rings is 1. The summed E-state index contributed by atoms with van der Waals surface area (Å²) < 4.78 is 23.9. The standard InChI is InChI=1S/C13H12BrClO2S2/c1-8-6-11(18-13(8)15)12(14)9-4-3-5-10(7-9)19(2,16)17/h3-7,12H,1-2H3. The van der Waals surface area contributed by atoms with Crippen molar-refractivity contribution in [2.24, 2.45) is 0 Å². The van der Waals surface area contributed by atoms with Crippen LogP contribution in [0.4, 0.5) is 0 Å². The molecule has 102 valence electrons. The van der Waals surface area contributed by atoms with Crippen LogP contribution in [0.25, 0.3) is 0 Å². The molecule has 0 aliphatic carbocycles. The van der Waals surface area contributed by atoms with Crippen LogP contribution in [0.5, 0.6) is 0 Å². The highest BCUT2D eigenvalue weighted by molar-refractivity contribution is 9.09. The zero-order valence-electron chi connectivity index (χ0n) is 10.4. The van der Waals surface area contributed by atoms with Crippen LogP contribution in [0.15, 0.2) is 35.2 Å². The molecule has 2 nitrogen and oxygen atoms in total. The van der Waals surface area contributed by atoms with Gasteiger partial charge in [-0.2, -0.15) is 0 Å². The maximum absolute atomic E-state index is 11.6. The van der Waals surface area contributed by atoms with E-state index in [4.69, 9.17) is 11.6 Å². The normalized spacial score (nSPS) is 13.5. The first kappa shape index (κ1) is 15.0. The van der Waals surface area contributed by atoms with Gasteiger partial charge in [0.1, 0.15) is 0 Å². The molecule has 2 rings (SSSR count). The number of rotatable bonds is 3. The summed E-state index contributed by atoms with van der Waals surface area (Å²) in [5.74, 6) is 0. The maximum Gasteiger partial charge on any atom is 0.175 e. The van der Waals surface area contributed by atoms with Gasteiger partial charge in [0, 0.05) is 11.1 Å². The van der Waals surface area contributed by atoms with E-state index in [2.05, 4.69) is 15.9 Å². The van der Waals surface area contributed by atoms with Crippen molar-refractivity contribution in [1.29, 1.82) is 0 Å². The van der Waals surface area contributed by atoms with Crippen molar-refractivity contribution in [2.75, 3.05) is 6.26 Å². The lowest BCUT2D eigenvalue weighted by Crippen LogP contribution is -1.99. The predicted molar refractivity (Wildman–Crippen MR) is 84.4 cm³/mol. The highest BCUT2D eigenvalue weighted by atomic mass is 79.9. The van der Waals surface area contributed by atoms with Gasteiger partial charge in [0.05, 0.1) is 14.1 Å². The van der Waals surface area contributed by atoms with Crippen LogP contribution < -0.4 is 0 Å². The van der Waals surface area contributed by atoms with E-state index in [1.807, 2.05) is 19.1 Å². The maximum atomic E-state index is 11.6. The fourth-order valence-corrected chi connectivity index (χ4v) is 4.27. The Morgan fingerprint density at radius 3 is 2.53 bits per heavy atom.